The van der Waals surface area contributed by atoms with Gasteiger partial charge < -0.3 is 10.1 Å². The zero-order valence-corrected chi connectivity index (χ0v) is 18.3. The number of nitrogens with zero attached hydrogens (tertiary/aromatic N) is 6. The summed E-state index contributed by atoms with van der Waals surface area (Å²) < 4.78 is 17.6. The van der Waals surface area contributed by atoms with Crippen molar-refractivity contribution in [2.45, 2.75) is 38.6 Å². The molecule has 1 spiro atoms. The molecule has 4 heterocycles. The van der Waals surface area contributed by atoms with E-state index in [4.69, 9.17) is 9.72 Å². The third-order valence-electron chi connectivity index (χ3n) is 6.88. The number of rotatable bonds is 3. The molecule has 31 heavy (non-hydrogen) atoms. The van der Waals surface area contributed by atoms with Crippen LogP contribution in [0, 0.1) is 12.3 Å². The number of hydrogen-bond donors (Lipinski definition) is 1. The Hall–Kier alpha value is -2.85. The Labute approximate surface area is 182 Å². The van der Waals surface area contributed by atoms with E-state index in [-0.39, 0.29) is 11.7 Å². The van der Waals surface area contributed by atoms with Crippen LogP contribution in [0.2, 0.25) is 0 Å². The van der Waals surface area contributed by atoms with Crippen molar-refractivity contribution < 1.29 is 4.74 Å². The van der Waals surface area contributed by atoms with E-state index in [1.165, 1.54) is 11.7 Å². The van der Waals surface area contributed by atoms with Gasteiger partial charge >= 0.3 is 5.69 Å². The average molecular weight is 438 g/mol. The second kappa shape index (κ2) is 6.83. The summed E-state index contributed by atoms with van der Waals surface area (Å²) in [6.07, 6.45) is 5.86. The number of hydrogen-bond acceptors (Lipinski definition) is 8. The van der Waals surface area contributed by atoms with Crippen molar-refractivity contribution in [1.82, 2.24) is 27.8 Å². The highest BCUT2D eigenvalue weighted by molar-refractivity contribution is 7.00. The summed E-state index contributed by atoms with van der Waals surface area (Å²) in [6, 6.07) is 4.12. The van der Waals surface area contributed by atoms with Crippen LogP contribution in [-0.2, 0) is 11.8 Å². The highest BCUT2D eigenvalue weighted by Gasteiger charge is 2.42. The van der Waals surface area contributed by atoms with E-state index in [2.05, 4.69) is 19.0 Å². The number of imidazole rings is 1. The van der Waals surface area contributed by atoms with Crippen molar-refractivity contribution in [3.05, 3.63) is 34.4 Å². The normalized spacial score (nSPS) is 18.6. The van der Waals surface area contributed by atoms with Gasteiger partial charge in [-0.2, -0.15) is 13.7 Å². The van der Waals surface area contributed by atoms with Crippen molar-refractivity contribution in [3.8, 4) is 0 Å². The standard InChI is InChI=1S/C21H23N7O2S/c1-12-7-15-16(26-31-25-15)8-14(12)23-19-22-9-17-18(24-19)28(20(29)27(17)2)13-3-5-21(6-4-13)10-30-11-21/h7-9,13H,3-6,10-11H2,1-2H3,(H,22,23,24). The minimum atomic E-state index is -0.0293. The molecule has 1 N–H and O–H groups in total. The fourth-order valence-electron chi connectivity index (χ4n) is 4.87. The molecule has 6 rings (SSSR count). The summed E-state index contributed by atoms with van der Waals surface area (Å²) in [4.78, 5) is 22.3. The molecular formula is C21H23N7O2S. The third-order valence-corrected chi connectivity index (χ3v) is 7.43. The maximum Gasteiger partial charge on any atom is 0.330 e. The minimum Gasteiger partial charge on any atom is -0.380 e. The number of ether oxygens (including phenoxy) is 1. The number of fused-ring (bicyclic) bond motifs is 2. The lowest BCUT2D eigenvalue weighted by Gasteiger charge is -2.46. The molecule has 0 atom stereocenters. The largest absolute Gasteiger partial charge is 0.380 e. The van der Waals surface area contributed by atoms with E-state index >= 15 is 0 Å². The molecule has 9 nitrogen and oxygen atoms in total. The Balaban J connectivity index is 1.37. The Morgan fingerprint density at radius 3 is 2.65 bits per heavy atom. The second-order valence-electron chi connectivity index (χ2n) is 8.88. The summed E-state index contributed by atoms with van der Waals surface area (Å²) in [5.74, 6) is 0.470. The Bertz CT molecular complexity index is 1360. The van der Waals surface area contributed by atoms with Gasteiger partial charge in [0.15, 0.2) is 5.65 Å². The van der Waals surface area contributed by atoms with Gasteiger partial charge in [0.2, 0.25) is 5.95 Å². The quantitative estimate of drug-likeness (QED) is 0.525. The topological polar surface area (TPSA) is 99.8 Å². The van der Waals surface area contributed by atoms with Gasteiger partial charge in [-0.15, -0.1) is 0 Å². The molecule has 1 saturated carbocycles. The predicted octanol–water partition coefficient (Wildman–Crippen LogP) is 3.32. The monoisotopic (exact) mass is 437 g/mol. The fraction of sp³-hybridized carbons (Fsp3) is 0.476. The van der Waals surface area contributed by atoms with Gasteiger partial charge in [-0.05, 0) is 50.3 Å². The molecule has 1 saturated heterocycles. The molecule has 0 unspecified atom stereocenters. The third kappa shape index (κ3) is 2.96. The molecule has 160 valence electrons. The first-order valence-corrected chi connectivity index (χ1v) is 11.3. The molecule has 4 aromatic rings. The van der Waals surface area contributed by atoms with Crippen LogP contribution in [0.3, 0.4) is 0 Å². The maximum atomic E-state index is 13.1. The SMILES string of the molecule is Cc1cc2nsnc2cc1Nc1ncc2c(n1)n(C1CCC3(CC1)COC3)c(=O)n2C. The van der Waals surface area contributed by atoms with Gasteiger partial charge in [-0.25, -0.2) is 9.78 Å². The molecular weight excluding hydrogens is 414 g/mol. The van der Waals surface area contributed by atoms with Crippen LogP contribution in [0.5, 0.6) is 0 Å². The highest BCUT2D eigenvalue weighted by Crippen LogP contribution is 2.45. The molecule has 3 aromatic heterocycles. The zero-order valence-electron chi connectivity index (χ0n) is 17.5. The highest BCUT2D eigenvalue weighted by atomic mass is 32.1. The zero-order chi connectivity index (χ0) is 21.2. The van der Waals surface area contributed by atoms with E-state index in [1.54, 1.807) is 17.8 Å². The first-order chi connectivity index (χ1) is 15.0. The second-order valence-corrected chi connectivity index (χ2v) is 9.41. The van der Waals surface area contributed by atoms with Crippen LogP contribution >= 0.6 is 11.7 Å². The van der Waals surface area contributed by atoms with Gasteiger partial charge in [0.05, 0.1) is 31.1 Å². The van der Waals surface area contributed by atoms with E-state index < -0.39 is 0 Å². The van der Waals surface area contributed by atoms with Crippen LogP contribution in [0.25, 0.3) is 22.2 Å². The van der Waals surface area contributed by atoms with Crippen LogP contribution in [0.4, 0.5) is 11.6 Å². The Morgan fingerprint density at radius 1 is 1.19 bits per heavy atom. The number of benzene rings is 1. The number of aromatic nitrogens is 6. The molecule has 1 aliphatic carbocycles. The molecule has 10 heteroatoms. The molecule has 1 aromatic carbocycles. The fourth-order valence-corrected chi connectivity index (χ4v) is 5.38. The Morgan fingerprint density at radius 2 is 1.94 bits per heavy atom. The molecule has 2 aliphatic rings. The smallest absolute Gasteiger partial charge is 0.330 e. The van der Waals surface area contributed by atoms with Gasteiger partial charge in [0, 0.05) is 24.2 Å². The molecule has 0 bridgehead atoms. The summed E-state index contributed by atoms with van der Waals surface area (Å²) in [7, 11) is 1.79. The van der Waals surface area contributed by atoms with Crippen molar-refractivity contribution in [1.29, 1.82) is 0 Å². The van der Waals surface area contributed by atoms with Gasteiger partial charge in [0.1, 0.15) is 16.6 Å². The molecule has 2 fully saturated rings. The average Bonchev–Trinajstić information content (AvgIpc) is 3.29. The van der Waals surface area contributed by atoms with Crippen LogP contribution in [0.15, 0.2) is 23.1 Å². The molecule has 1 aliphatic heterocycles. The summed E-state index contributed by atoms with van der Waals surface area (Å²) in [5.41, 5.74) is 5.39. The van der Waals surface area contributed by atoms with Gasteiger partial charge in [0.25, 0.3) is 0 Å². The molecule has 0 amide bonds. The van der Waals surface area contributed by atoms with E-state index in [1.807, 2.05) is 23.6 Å². The number of aryl methyl sites for hydroxylation is 2. The lowest BCUT2D eigenvalue weighted by molar-refractivity contribution is -0.135. The Kier molecular flexibility index (Phi) is 4.16. The number of anilines is 2. The maximum absolute atomic E-state index is 13.1. The number of nitrogens with one attached hydrogen (secondary N) is 1. The summed E-state index contributed by atoms with van der Waals surface area (Å²) in [5, 5.41) is 3.31. The van der Waals surface area contributed by atoms with E-state index in [9.17, 15) is 4.79 Å². The van der Waals surface area contributed by atoms with Crippen LogP contribution in [-0.4, -0.2) is 41.1 Å². The lowest BCUT2D eigenvalue weighted by Crippen LogP contribution is -2.46. The van der Waals surface area contributed by atoms with Crippen molar-refractivity contribution in [3.63, 3.8) is 0 Å². The lowest BCUT2D eigenvalue weighted by atomic mass is 9.71. The minimum absolute atomic E-state index is 0.0293. The van der Waals surface area contributed by atoms with Crippen LogP contribution < -0.4 is 11.0 Å². The predicted molar refractivity (Wildman–Crippen MR) is 119 cm³/mol. The van der Waals surface area contributed by atoms with Gasteiger partial charge in [-0.1, -0.05) is 0 Å². The summed E-state index contributed by atoms with van der Waals surface area (Å²) in [6.45, 7) is 3.73. The first kappa shape index (κ1) is 18.9. The summed E-state index contributed by atoms with van der Waals surface area (Å²) >= 11 is 1.20. The van der Waals surface area contributed by atoms with Crippen molar-refractivity contribution in [2.75, 3.05) is 18.5 Å². The first-order valence-electron chi connectivity index (χ1n) is 10.5. The van der Waals surface area contributed by atoms with E-state index in [0.717, 1.165) is 66.7 Å². The van der Waals surface area contributed by atoms with Gasteiger partial charge in [-0.3, -0.25) is 9.13 Å². The van der Waals surface area contributed by atoms with E-state index in [0.29, 0.717) is 17.0 Å². The van der Waals surface area contributed by atoms with Crippen LogP contribution in [0.1, 0.15) is 37.3 Å². The molecule has 0 radical (unpaired) electrons. The van der Waals surface area contributed by atoms with Crippen molar-refractivity contribution >= 4 is 45.6 Å². The van der Waals surface area contributed by atoms with Crippen molar-refractivity contribution in [2.24, 2.45) is 12.5 Å².